The molecule has 0 fully saturated rings. The standard InChI is InChI=1S/C31H31N3O4S/c1-6-33(7-2)30(36)26-19(3)32-31-34(29(35)25(39-31)18-20-12-15-22(37-4)16-13-20)28(26)27-23-11-9-8-10-21(23)14-17-24(27)38-5/h8-18,28H,6-7H2,1-5H3/b25-18+/t28-/m1/s1. The van der Waals surface area contributed by atoms with E-state index in [2.05, 4.69) is 0 Å². The zero-order chi connectivity index (χ0) is 27.7. The number of likely N-dealkylation sites (N-methyl/N-ethyl adjacent to an activating group) is 1. The van der Waals surface area contributed by atoms with Crippen LogP contribution in [0.3, 0.4) is 0 Å². The number of carbonyl (C=O) groups is 1. The third-order valence-corrected chi connectivity index (χ3v) is 8.12. The van der Waals surface area contributed by atoms with Crippen LogP contribution in [0.4, 0.5) is 0 Å². The quantitative estimate of drug-likeness (QED) is 0.350. The van der Waals surface area contributed by atoms with Crippen LogP contribution in [0.25, 0.3) is 16.8 Å². The molecule has 2 heterocycles. The molecule has 8 heteroatoms. The van der Waals surface area contributed by atoms with Gasteiger partial charge in [0.15, 0.2) is 4.80 Å². The number of aromatic nitrogens is 1. The summed E-state index contributed by atoms with van der Waals surface area (Å²) >= 11 is 1.32. The molecule has 4 aromatic rings. The predicted octanol–water partition coefficient (Wildman–Crippen LogP) is 4.27. The summed E-state index contributed by atoms with van der Waals surface area (Å²) < 4.78 is 13.3. The molecule has 0 saturated carbocycles. The average molecular weight is 542 g/mol. The van der Waals surface area contributed by atoms with Crippen molar-refractivity contribution < 1.29 is 14.3 Å². The number of nitrogens with zero attached hydrogens (tertiary/aromatic N) is 3. The Hall–Kier alpha value is -4.17. The Kier molecular flexibility index (Phi) is 7.39. The van der Waals surface area contributed by atoms with E-state index in [0.29, 0.717) is 39.4 Å². The van der Waals surface area contributed by atoms with E-state index in [1.165, 1.54) is 11.3 Å². The molecule has 0 unspecified atom stereocenters. The molecule has 0 bridgehead atoms. The van der Waals surface area contributed by atoms with Crippen LogP contribution < -0.4 is 24.4 Å². The van der Waals surface area contributed by atoms with Gasteiger partial charge in [0, 0.05) is 18.7 Å². The molecule has 0 aliphatic carbocycles. The van der Waals surface area contributed by atoms with E-state index in [4.69, 9.17) is 14.5 Å². The maximum absolute atomic E-state index is 14.1. The smallest absolute Gasteiger partial charge is 0.271 e. The minimum atomic E-state index is -0.701. The Bertz CT molecular complexity index is 1760. The van der Waals surface area contributed by atoms with Gasteiger partial charge >= 0.3 is 0 Å². The highest BCUT2D eigenvalue weighted by molar-refractivity contribution is 7.07. The maximum Gasteiger partial charge on any atom is 0.271 e. The number of carbonyl (C=O) groups excluding carboxylic acids is 1. The van der Waals surface area contributed by atoms with Gasteiger partial charge in [0.1, 0.15) is 17.5 Å². The molecule has 0 N–H and O–H groups in total. The molecule has 7 nitrogen and oxygen atoms in total. The van der Waals surface area contributed by atoms with Crippen molar-refractivity contribution in [3.8, 4) is 11.5 Å². The van der Waals surface area contributed by atoms with Crippen LogP contribution in [-0.4, -0.2) is 42.7 Å². The predicted molar refractivity (Wildman–Crippen MR) is 155 cm³/mol. The molecule has 1 aromatic heterocycles. The lowest BCUT2D eigenvalue weighted by molar-refractivity contribution is -0.127. The highest BCUT2D eigenvalue weighted by atomic mass is 32.1. The van der Waals surface area contributed by atoms with Gasteiger partial charge in [-0.3, -0.25) is 14.2 Å². The van der Waals surface area contributed by atoms with E-state index in [0.717, 1.165) is 27.6 Å². The van der Waals surface area contributed by atoms with Gasteiger partial charge in [-0.15, -0.1) is 0 Å². The highest BCUT2D eigenvalue weighted by Gasteiger charge is 2.36. The SMILES string of the molecule is CCN(CC)C(=O)C1=C(C)N=c2s/c(=C/c3ccc(OC)cc3)c(=O)n2[C@H]1c1c(OC)ccc2ccccc12. The second-order valence-corrected chi connectivity index (χ2v) is 10.2. The van der Waals surface area contributed by atoms with Gasteiger partial charge < -0.3 is 14.4 Å². The molecule has 0 spiro atoms. The minimum Gasteiger partial charge on any atom is -0.497 e. The first-order valence-corrected chi connectivity index (χ1v) is 13.7. The number of methoxy groups -OCH3 is 2. The Morgan fingerprint density at radius 3 is 2.41 bits per heavy atom. The van der Waals surface area contributed by atoms with Gasteiger partial charge in [-0.05, 0) is 61.4 Å². The van der Waals surface area contributed by atoms with Gasteiger partial charge in [0.2, 0.25) is 0 Å². The first-order chi connectivity index (χ1) is 18.9. The Labute approximate surface area is 230 Å². The van der Waals surface area contributed by atoms with E-state index in [1.807, 2.05) is 87.5 Å². The Morgan fingerprint density at radius 2 is 1.74 bits per heavy atom. The molecule has 0 saturated heterocycles. The van der Waals surface area contributed by atoms with E-state index >= 15 is 0 Å². The zero-order valence-corrected chi connectivity index (χ0v) is 23.5. The van der Waals surface area contributed by atoms with Crippen LogP contribution in [0.1, 0.15) is 37.9 Å². The lowest BCUT2D eigenvalue weighted by Crippen LogP contribution is -2.43. The first kappa shape index (κ1) is 26.4. The van der Waals surface area contributed by atoms with Gasteiger partial charge in [-0.1, -0.05) is 53.8 Å². The second-order valence-electron chi connectivity index (χ2n) is 9.24. The van der Waals surface area contributed by atoms with Crippen molar-refractivity contribution in [1.82, 2.24) is 9.47 Å². The molecule has 1 aliphatic rings. The monoisotopic (exact) mass is 541 g/mol. The number of hydrogen-bond acceptors (Lipinski definition) is 6. The molecule has 1 atom stereocenters. The first-order valence-electron chi connectivity index (χ1n) is 12.9. The summed E-state index contributed by atoms with van der Waals surface area (Å²) in [4.78, 5) is 35.2. The molecular weight excluding hydrogens is 510 g/mol. The van der Waals surface area contributed by atoms with Crippen LogP contribution in [0.5, 0.6) is 11.5 Å². The van der Waals surface area contributed by atoms with Crippen molar-refractivity contribution in [2.75, 3.05) is 27.3 Å². The van der Waals surface area contributed by atoms with Gasteiger partial charge in [-0.2, -0.15) is 0 Å². The summed E-state index contributed by atoms with van der Waals surface area (Å²) in [6, 6.07) is 18.7. The summed E-state index contributed by atoms with van der Waals surface area (Å²) in [5, 5.41) is 1.92. The van der Waals surface area contributed by atoms with Crippen molar-refractivity contribution in [2.24, 2.45) is 4.99 Å². The summed E-state index contributed by atoms with van der Waals surface area (Å²) in [5.74, 6) is 1.22. The maximum atomic E-state index is 14.1. The van der Waals surface area contributed by atoms with Crippen LogP contribution >= 0.6 is 11.3 Å². The van der Waals surface area contributed by atoms with E-state index in [1.54, 1.807) is 23.7 Å². The van der Waals surface area contributed by atoms with Crippen molar-refractivity contribution >= 4 is 34.1 Å². The fourth-order valence-electron chi connectivity index (χ4n) is 5.14. The molecule has 39 heavy (non-hydrogen) atoms. The number of thiazole rings is 1. The fourth-order valence-corrected chi connectivity index (χ4v) is 6.18. The summed E-state index contributed by atoms with van der Waals surface area (Å²) in [6.07, 6.45) is 1.85. The van der Waals surface area contributed by atoms with Crippen molar-refractivity contribution in [3.05, 3.63) is 103 Å². The zero-order valence-electron chi connectivity index (χ0n) is 22.7. The number of amides is 1. The van der Waals surface area contributed by atoms with Crippen molar-refractivity contribution in [1.29, 1.82) is 0 Å². The van der Waals surface area contributed by atoms with Crippen molar-refractivity contribution in [2.45, 2.75) is 26.8 Å². The van der Waals surface area contributed by atoms with Gasteiger partial charge in [0.05, 0.1) is 30.0 Å². The number of fused-ring (bicyclic) bond motifs is 2. The van der Waals surface area contributed by atoms with E-state index in [-0.39, 0.29) is 11.5 Å². The minimum absolute atomic E-state index is 0.134. The van der Waals surface area contributed by atoms with Crippen molar-refractivity contribution in [3.63, 3.8) is 0 Å². The molecule has 1 amide bonds. The van der Waals surface area contributed by atoms with E-state index in [9.17, 15) is 9.59 Å². The molecule has 200 valence electrons. The highest BCUT2D eigenvalue weighted by Crippen LogP contribution is 2.40. The summed E-state index contributed by atoms with van der Waals surface area (Å²) in [6.45, 7) is 6.85. The Morgan fingerprint density at radius 1 is 1.03 bits per heavy atom. The third-order valence-electron chi connectivity index (χ3n) is 7.14. The number of hydrogen-bond donors (Lipinski definition) is 0. The van der Waals surface area contributed by atoms with Crippen LogP contribution in [-0.2, 0) is 4.79 Å². The third kappa shape index (κ3) is 4.65. The molecular formula is C31H31N3O4S. The van der Waals surface area contributed by atoms with Crippen LogP contribution in [0.15, 0.2) is 81.7 Å². The molecule has 0 radical (unpaired) electrons. The van der Waals surface area contributed by atoms with Gasteiger partial charge in [0.25, 0.3) is 11.5 Å². The largest absolute Gasteiger partial charge is 0.497 e. The van der Waals surface area contributed by atoms with E-state index < -0.39 is 6.04 Å². The second kappa shape index (κ2) is 10.9. The topological polar surface area (TPSA) is 73.1 Å². The van der Waals surface area contributed by atoms with Gasteiger partial charge in [-0.25, -0.2) is 4.99 Å². The van der Waals surface area contributed by atoms with Crippen LogP contribution in [0, 0.1) is 0 Å². The number of allylic oxidation sites excluding steroid dienone is 1. The fraction of sp³-hybridized carbons (Fsp3) is 0.258. The number of ether oxygens (including phenoxy) is 2. The lowest BCUT2D eigenvalue weighted by atomic mass is 9.90. The summed E-state index contributed by atoms with van der Waals surface area (Å²) in [7, 11) is 3.23. The molecule has 3 aromatic carbocycles. The summed E-state index contributed by atoms with van der Waals surface area (Å²) in [5.41, 5.74) is 2.53. The number of benzene rings is 3. The molecule has 1 aliphatic heterocycles. The average Bonchev–Trinajstić information content (AvgIpc) is 3.26. The molecule has 5 rings (SSSR count). The van der Waals surface area contributed by atoms with Crippen LogP contribution in [0.2, 0.25) is 0 Å². The number of rotatable bonds is 7. The Balaban J connectivity index is 1.83. The normalized spacial score (nSPS) is 15.2. The lowest BCUT2D eigenvalue weighted by Gasteiger charge is -2.30.